The molecule has 0 radical (unpaired) electrons. The van der Waals surface area contributed by atoms with Crippen LogP contribution >= 0.6 is 0 Å². The fourth-order valence-electron chi connectivity index (χ4n) is 2.65. The van der Waals surface area contributed by atoms with Crippen molar-refractivity contribution < 1.29 is 19.8 Å². The van der Waals surface area contributed by atoms with Gasteiger partial charge in [-0.15, -0.1) is 0 Å². The van der Waals surface area contributed by atoms with Crippen LogP contribution in [0.2, 0.25) is 0 Å². The number of carboxylic acids is 1. The Hall–Kier alpha value is -2.24. The van der Waals surface area contributed by atoms with Crippen LogP contribution in [0.25, 0.3) is 0 Å². The van der Waals surface area contributed by atoms with Gasteiger partial charge >= 0.3 is 12.0 Å². The third-order valence-electron chi connectivity index (χ3n) is 4.78. The number of amides is 2. The molecule has 6 heteroatoms. The molecular formula is C15H20N2O4. The van der Waals surface area contributed by atoms with Gasteiger partial charge in [0.05, 0.1) is 0 Å². The van der Waals surface area contributed by atoms with Gasteiger partial charge in [-0.1, -0.05) is 27.7 Å². The molecule has 0 unspecified atom stereocenters. The highest BCUT2D eigenvalue weighted by atomic mass is 16.4. The van der Waals surface area contributed by atoms with Crippen molar-refractivity contribution in [3.8, 4) is 5.75 Å². The highest BCUT2D eigenvalue weighted by Crippen LogP contribution is 2.62. The van der Waals surface area contributed by atoms with Crippen LogP contribution in [0.3, 0.4) is 0 Å². The topological polar surface area (TPSA) is 98.7 Å². The molecule has 6 nitrogen and oxygen atoms in total. The fourth-order valence-corrected chi connectivity index (χ4v) is 2.65. The minimum atomic E-state index is -1.22. The molecule has 1 aliphatic carbocycles. The molecule has 0 spiro atoms. The van der Waals surface area contributed by atoms with E-state index in [0.717, 1.165) is 0 Å². The monoisotopic (exact) mass is 292 g/mol. The smallest absolute Gasteiger partial charge is 0.339 e. The zero-order chi connectivity index (χ0) is 16.0. The number of hydrogen-bond acceptors (Lipinski definition) is 3. The van der Waals surface area contributed by atoms with Crippen molar-refractivity contribution in [1.82, 2.24) is 5.32 Å². The van der Waals surface area contributed by atoms with Crippen LogP contribution in [-0.4, -0.2) is 28.3 Å². The third kappa shape index (κ3) is 2.53. The number of aromatic carboxylic acids is 1. The number of aromatic hydroxyl groups is 1. The maximum Gasteiger partial charge on any atom is 0.339 e. The van der Waals surface area contributed by atoms with Gasteiger partial charge in [-0.2, -0.15) is 0 Å². The van der Waals surface area contributed by atoms with Crippen LogP contribution in [0.5, 0.6) is 5.75 Å². The number of anilines is 1. The molecule has 0 aliphatic heterocycles. The first kappa shape index (κ1) is 15.2. The zero-order valence-electron chi connectivity index (χ0n) is 12.5. The summed E-state index contributed by atoms with van der Waals surface area (Å²) in [6.45, 7) is 8.35. The van der Waals surface area contributed by atoms with Crippen molar-refractivity contribution in [3.63, 3.8) is 0 Å². The number of carbonyl (C=O) groups is 2. The average Bonchev–Trinajstić information content (AvgIpc) is 2.71. The third-order valence-corrected chi connectivity index (χ3v) is 4.78. The van der Waals surface area contributed by atoms with Crippen molar-refractivity contribution in [2.24, 2.45) is 10.8 Å². The molecule has 0 aromatic heterocycles. The van der Waals surface area contributed by atoms with E-state index in [2.05, 4.69) is 38.3 Å². The molecular weight excluding hydrogens is 272 g/mol. The second-order valence-corrected chi connectivity index (χ2v) is 6.51. The molecule has 0 saturated heterocycles. The largest absolute Gasteiger partial charge is 0.507 e. The quantitative estimate of drug-likeness (QED) is 0.688. The van der Waals surface area contributed by atoms with Gasteiger partial charge in [0.2, 0.25) is 0 Å². The predicted octanol–water partition coefficient (Wildman–Crippen LogP) is 2.65. The Labute approximate surface area is 123 Å². The maximum atomic E-state index is 11.9. The summed E-state index contributed by atoms with van der Waals surface area (Å²) in [7, 11) is 0. The highest BCUT2D eigenvalue weighted by molar-refractivity contribution is 5.94. The van der Waals surface area contributed by atoms with E-state index in [9.17, 15) is 14.7 Å². The first-order valence-corrected chi connectivity index (χ1v) is 6.71. The van der Waals surface area contributed by atoms with Crippen molar-refractivity contribution >= 4 is 17.7 Å². The molecule has 1 aliphatic rings. The number of rotatable bonds is 3. The first-order chi connectivity index (χ1) is 9.57. The molecule has 1 aromatic carbocycles. The Balaban J connectivity index is 2.01. The number of urea groups is 1. The Kier molecular flexibility index (Phi) is 3.35. The van der Waals surface area contributed by atoms with Crippen LogP contribution in [0.15, 0.2) is 18.2 Å². The minimum Gasteiger partial charge on any atom is -0.507 e. The van der Waals surface area contributed by atoms with Gasteiger partial charge in [-0.3, -0.25) is 0 Å². The molecule has 4 N–H and O–H groups in total. The zero-order valence-corrected chi connectivity index (χ0v) is 12.5. The van der Waals surface area contributed by atoms with Crippen molar-refractivity contribution in [1.29, 1.82) is 0 Å². The number of benzene rings is 1. The molecule has 2 amide bonds. The number of phenols is 1. The van der Waals surface area contributed by atoms with E-state index in [0.29, 0.717) is 5.69 Å². The summed E-state index contributed by atoms with van der Waals surface area (Å²) in [5.41, 5.74) is 0.191. The number of carbonyl (C=O) groups excluding carboxylic acids is 1. The van der Waals surface area contributed by atoms with Gasteiger partial charge < -0.3 is 20.8 Å². The summed E-state index contributed by atoms with van der Waals surface area (Å²) in [5, 5.41) is 23.9. The average molecular weight is 292 g/mol. The first-order valence-electron chi connectivity index (χ1n) is 6.71. The lowest BCUT2D eigenvalue weighted by Crippen LogP contribution is -2.33. The predicted molar refractivity (Wildman–Crippen MR) is 78.6 cm³/mol. The molecule has 0 bridgehead atoms. The van der Waals surface area contributed by atoms with Crippen LogP contribution in [0.4, 0.5) is 10.5 Å². The van der Waals surface area contributed by atoms with Crippen molar-refractivity contribution in [2.75, 3.05) is 5.32 Å². The van der Waals surface area contributed by atoms with E-state index >= 15 is 0 Å². The van der Waals surface area contributed by atoms with E-state index in [1.807, 2.05) is 0 Å². The van der Waals surface area contributed by atoms with Crippen molar-refractivity contribution in [3.05, 3.63) is 23.8 Å². The summed E-state index contributed by atoms with van der Waals surface area (Å²) in [5.74, 6) is -1.60. The second kappa shape index (κ2) is 4.65. The Morgan fingerprint density at radius 2 is 1.71 bits per heavy atom. The van der Waals surface area contributed by atoms with Crippen LogP contribution in [0.1, 0.15) is 38.1 Å². The van der Waals surface area contributed by atoms with Crippen LogP contribution < -0.4 is 10.6 Å². The molecule has 0 atom stereocenters. The number of carboxylic acid groups (broad SMARTS) is 1. The highest BCUT2D eigenvalue weighted by Gasteiger charge is 2.65. The fraction of sp³-hybridized carbons (Fsp3) is 0.467. The minimum absolute atomic E-state index is 0.0274. The van der Waals surface area contributed by atoms with E-state index in [4.69, 9.17) is 5.11 Å². The summed E-state index contributed by atoms with van der Waals surface area (Å²) in [6, 6.07) is 3.59. The van der Waals surface area contributed by atoms with Crippen LogP contribution in [0, 0.1) is 10.8 Å². The standard InChI is InChI=1S/C15H20N2O4/c1-14(2)12(15(14,3)4)17-13(21)16-8-5-6-9(11(19)20)10(18)7-8/h5-7,12,18H,1-4H3,(H,19,20)(H2,16,17,21). The lowest BCUT2D eigenvalue weighted by atomic mass is 10.0. The molecule has 1 saturated carbocycles. The van der Waals surface area contributed by atoms with E-state index in [1.54, 1.807) is 0 Å². The maximum absolute atomic E-state index is 11.9. The Morgan fingerprint density at radius 1 is 1.14 bits per heavy atom. The Morgan fingerprint density at radius 3 is 2.14 bits per heavy atom. The summed E-state index contributed by atoms with van der Waals surface area (Å²) in [6.07, 6.45) is 0. The lowest BCUT2D eigenvalue weighted by molar-refractivity contribution is 0.0694. The van der Waals surface area contributed by atoms with Gasteiger partial charge in [0.25, 0.3) is 0 Å². The molecule has 1 fully saturated rings. The molecule has 114 valence electrons. The van der Waals surface area contributed by atoms with E-state index in [-0.39, 0.29) is 34.2 Å². The Bertz CT molecular complexity index is 594. The summed E-state index contributed by atoms with van der Waals surface area (Å²) < 4.78 is 0. The molecule has 0 heterocycles. The van der Waals surface area contributed by atoms with E-state index in [1.165, 1.54) is 18.2 Å². The normalized spacial score (nSPS) is 18.9. The SMILES string of the molecule is CC1(C)C(NC(=O)Nc2ccc(C(=O)O)c(O)c2)C1(C)C. The number of hydrogen-bond donors (Lipinski definition) is 4. The molecule has 2 rings (SSSR count). The van der Waals surface area contributed by atoms with Gasteiger partial charge in [-0.25, -0.2) is 9.59 Å². The van der Waals surface area contributed by atoms with Gasteiger partial charge in [0.15, 0.2) is 0 Å². The molecule has 21 heavy (non-hydrogen) atoms. The lowest BCUT2D eigenvalue weighted by Gasteiger charge is -2.10. The van der Waals surface area contributed by atoms with E-state index < -0.39 is 5.97 Å². The molecule has 1 aromatic rings. The summed E-state index contributed by atoms with van der Waals surface area (Å²) in [4.78, 5) is 22.7. The second-order valence-electron chi connectivity index (χ2n) is 6.51. The van der Waals surface area contributed by atoms with Crippen molar-refractivity contribution in [2.45, 2.75) is 33.7 Å². The van der Waals surface area contributed by atoms with Gasteiger partial charge in [0, 0.05) is 17.8 Å². The van der Waals surface area contributed by atoms with Crippen LogP contribution in [-0.2, 0) is 0 Å². The number of nitrogens with one attached hydrogen (secondary N) is 2. The van der Waals surface area contributed by atoms with Gasteiger partial charge in [-0.05, 0) is 23.0 Å². The van der Waals surface area contributed by atoms with Gasteiger partial charge in [0.1, 0.15) is 11.3 Å². The summed E-state index contributed by atoms with van der Waals surface area (Å²) >= 11 is 0.